The van der Waals surface area contributed by atoms with Crippen molar-refractivity contribution in [2.75, 3.05) is 27.2 Å². The lowest BCUT2D eigenvalue weighted by Crippen LogP contribution is -2.48. The van der Waals surface area contributed by atoms with E-state index in [-0.39, 0.29) is 30.7 Å². The van der Waals surface area contributed by atoms with Crippen LogP contribution in [-0.2, 0) is 21.5 Å². The molecule has 0 bridgehead atoms. The Bertz CT molecular complexity index is 664. The van der Waals surface area contributed by atoms with Gasteiger partial charge in [0.2, 0.25) is 5.91 Å². The van der Waals surface area contributed by atoms with E-state index in [1.807, 2.05) is 0 Å². The minimum atomic E-state index is -3.50. The molecule has 0 unspecified atom stereocenters. The van der Waals surface area contributed by atoms with Gasteiger partial charge < -0.3 is 5.32 Å². The Kier molecular flexibility index (Phi) is 5.72. The Balaban J connectivity index is 1.94. The van der Waals surface area contributed by atoms with Crippen LogP contribution in [0.25, 0.3) is 0 Å². The van der Waals surface area contributed by atoms with Gasteiger partial charge in [0.25, 0.3) is 10.2 Å². The molecular formula is C15H22FN3O3S. The van der Waals surface area contributed by atoms with Crippen molar-refractivity contribution < 1.29 is 17.6 Å². The quantitative estimate of drug-likeness (QED) is 0.866. The molecule has 1 aliphatic rings. The molecular weight excluding hydrogens is 321 g/mol. The molecule has 1 heterocycles. The zero-order valence-corrected chi connectivity index (χ0v) is 14.1. The van der Waals surface area contributed by atoms with E-state index in [9.17, 15) is 17.6 Å². The number of piperidine rings is 1. The van der Waals surface area contributed by atoms with Gasteiger partial charge in [-0.3, -0.25) is 4.79 Å². The van der Waals surface area contributed by atoms with Gasteiger partial charge in [0, 0.05) is 33.7 Å². The van der Waals surface area contributed by atoms with Crippen molar-refractivity contribution in [1.29, 1.82) is 0 Å². The van der Waals surface area contributed by atoms with E-state index in [1.54, 1.807) is 12.1 Å². The lowest BCUT2D eigenvalue weighted by Gasteiger charge is -2.32. The Labute approximate surface area is 136 Å². The van der Waals surface area contributed by atoms with E-state index < -0.39 is 10.2 Å². The second kappa shape index (κ2) is 7.37. The first kappa shape index (κ1) is 17.8. The molecule has 128 valence electrons. The third kappa shape index (κ3) is 4.49. The highest BCUT2D eigenvalue weighted by atomic mass is 32.2. The maximum absolute atomic E-state index is 13.1. The number of nitrogens with zero attached hydrogens (tertiary/aromatic N) is 2. The summed E-state index contributed by atoms with van der Waals surface area (Å²) in [5.41, 5.74) is 0.673. The summed E-state index contributed by atoms with van der Waals surface area (Å²) in [6, 6.07) is 6.02. The van der Waals surface area contributed by atoms with Crippen molar-refractivity contribution in [3.63, 3.8) is 0 Å². The van der Waals surface area contributed by atoms with Gasteiger partial charge in [-0.05, 0) is 30.5 Å². The predicted octanol–water partition coefficient (Wildman–Crippen LogP) is 0.960. The van der Waals surface area contributed by atoms with Crippen LogP contribution in [-0.4, -0.2) is 50.1 Å². The molecule has 0 saturated carbocycles. The summed E-state index contributed by atoms with van der Waals surface area (Å²) in [6.45, 7) is 0.831. The summed E-state index contributed by atoms with van der Waals surface area (Å²) in [5, 5.41) is 2.76. The smallest absolute Gasteiger partial charge is 0.281 e. The second-order valence-corrected chi connectivity index (χ2v) is 7.98. The van der Waals surface area contributed by atoms with Crippen molar-refractivity contribution in [1.82, 2.24) is 13.9 Å². The van der Waals surface area contributed by atoms with Crippen LogP contribution in [0.1, 0.15) is 18.4 Å². The topological polar surface area (TPSA) is 69.7 Å². The Morgan fingerprint density at radius 2 is 2.17 bits per heavy atom. The molecule has 0 aromatic heterocycles. The van der Waals surface area contributed by atoms with Crippen molar-refractivity contribution in [2.24, 2.45) is 5.92 Å². The van der Waals surface area contributed by atoms with E-state index in [1.165, 1.54) is 30.5 Å². The first-order chi connectivity index (χ1) is 10.8. The van der Waals surface area contributed by atoms with Gasteiger partial charge in [-0.25, -0.2) is 4.39 Å². The molecule has 23 heavy (non-hydrogen) atoms. The SMILES string of the molecule is CN(C)S(=O)(=O)N1CCC[C@@H](C(=O)NCc2cccc(F)c2)C1. The lowest BCUT2D eigenvalue weighted by atomic mass is 9.99. The Hall–Kier alpha value is -1.51. The highest BCUT2D eigenvalue weighted by Crippen LogP contribution is 2.20. The van der Waals surface area contributed by atoms with E-state index in [4.69, 9.17) is 0 Å². The number of hydrogen-bond donors (Lipinski definition) is 1. The predicted molar refractivity (Wildman–Crippen MR) is 85.2 cm³/mol. The molecule has 6 nitrogen and oxygen atoms in total. The number of benzene rings is 1. The molecule has 1 fully saturated rings. The van der Waals surface area contributed by atoms with Crippen LogP contribution in [0, 0.1) is 11.7 Å². The van der Waals surface area contributed by atoms with Crippen LogP contribution in [0.5, 0.6) is 0 Å². The largest absolute Gasteiger partial charge is 0.352 e. The maximum atomic E-state index is 13.1. The minimum Gasteiger partial charge on any atom is -0.352 e. The van der Waals surface area contributed by atoms with Crippen molar-refractivity contribution >= 4 is 16.1 Å². The lowest BCUT2D eigenvalue weighted by molar-refractivity contribution is -0.126. The monoisotopic (exact) mass is 343 g/mol. The summed E-state index contributed by atoms with van der Waals surface area (Å²) < 4.78 is 39.9. The Morgan fingerprint density at radius 1 is 1.43 bits per heavy atom. The molecule has 8 heteroatoms. The van der Waals surface area contributed by atoms with Crippen LogP contribution in [0.15, 0.2) is 24.3 Å². The number of carbonyl (C=O) groups is 1. The van der Waals surface area contributed by atoms with E-state index in [0.717, 1.165) is 4.31 Å². The van der Waals surface area contributed by atoms with Crippen molar-refractivity contribution in [3.8, 4) is 0 Å². The number of halogens is 1. The first-order valence-corrected chi connectivity index (χ1v) is 8.90. The molecule has 1 aromatic rings. The highest BCUT2D eigenvalue weighted by Gasteiger charge is 2.33. The molecule has 0 radical (unpaired) electrons. The zero-order chi connectivity index (χ0) is 17.0. The van der Waals surface area contributed by atoms with Gasteiger partial charge in [-0.1, -0.05) is 12.1 Å². The average Bonchev–Trinajstić information content (AvgIpc) is 2.52. The van der Waals surface area contributed by atoms with E-state index in [2.05, 4.69) is 5.32 Å². The van der Waals surface area contributed by atoms with Gasteiger partial charge >= 0.3 is 0 Å². The third-order valence-corrected chi connectivity index (χ3v) is 5.81. The van der Waals surface area contributed by atoms with Crippen LogP contribution in [0.3, 0.4) is 0 Å². The standard InChI is InChI=1S/C15H22FN3O3S/c1-18(2)23(21,22)19-8-4-6-13(11-19)15(20)17-10-12-5-3-7-14(16)9-12/h3,5,7,9,13H,4,6,8,10-11H2,1-2H3,(H,17,20)/t13-/m1/s1. The molecule has 1 N–H and O–H groups in total. The van der Waals surface area contributed by atoms with Crippen LogP contribution < -0.4 is 5.32 Å². The van der Waals surface area contributed by atoms with Gasteiger partial charge in [0.05, 0.1) is 5.92 Å². The molecule has 1 atom stereocenters. The maximum Gasteiger partial charge on any atom is 0.281 e. The number of nitrogens with one attached hydrogen (secondary N) is 1. The first-order valence-electron chi connectivity index (χ1n) is 7.50. The van der Waals surface area contributed by atoms with Gasteiger partial charge in [0.15, 0.2) is 0 Å². The van der Waals surface area contributed by atoms with Gasteiger partial charge in [0.1, 0.15) is 5.82 Å². The fraction of sp³-hybridized carbons (Fsp3) is 0.533. The number of amides is 1. The summed E-state index contributed by atoms with van der Waals surface area (Å²) >= 11 is 0. The molecule has 0 aliphatic carbocycles. The molecule has 1 aliphatic heterocycles. The van der Waals surface area contributed by atoms with Crippen molar-refractivity contribution in [3.05, 3.63) is 35.6 Å². The zero-order valence-electron chi connectivity index (χ0n) is 13.3. The third-order valence-electron chi connectivity index (χ3n) is 3.90. The highest BCUT2D eigenvalue weighted by molar-refractivity contribution is 7.86. The average molecular weight is 343 g/mol. The molecule has 1 saturated heterocycles. The van der Waals surface area contributed by atoms with E-state index in [0.29, 0.717) is 24.9 Å². The summed E-state index contributed by atoms with van der Waals surface area (Å²) in [7, 11) is -0.552. The minimum absolute atomic E-state index is 0.176. The molecule has 1 amide bonds. The molecule has 2 rings (SSSR count). The molecule has 0 spiro atoms. The fourth-order valence-corrected chi connectivity index (χ4v) is 3.77. The number of hydrogen-bond acceptors (Lipinski definition) is 3. The van der Waals surface area contributed by atoms with Crippen molar-refractivity contribution in [2.45, 2.75) is 19.4 Å². The summed E-state index contributed by atoms with van der Waals surface area (Å²) in [4.78, 5) is 12.3. The van der Waals surface area contributed by atoms with Crippen LogP contribution >= 0.6 is 0 Å². The number of rotatable bonds is 5. The second-order valence-electron chi connectivity index (χ2n) is 5.84. The van der Waals surface area contributed by atoms with Crippen LogP contribution in [0.2, 0.25) is 0 Å². The fourth-order valence-electron chi connectivity index (χ4n) is 2.58. The van der Waals surface area contributed by atoms with Gasteiger partial charge in [-0.15, -0.1) is 0 Å². The summed E-state index contributed by atoms with van der Waals surface area (Å²) in [6.07, 6.45) is 1.29. The normalized spacial score (nSPS) is 19.7. The van der Waals surface area contributed by atoms with Crippen LogP contribution in [0.4, 0.5) is 4.39 Å². The van der Waals surface area contributed by atoms with Gasteiger partial charge in [-0.2, -0.15) is 17.0 Å². The molecule has 1 aromatic carbocycles. The Morgan fingerprint density at radius 3 is 2.83 bits per heavy atom. The van der Waals surface area contributed by atoms with E-state index >= 15 is 0 Å². The number of carbonyl (C=O) groups excluding carboxylic acids is 1. The summed E-state index contributed by atoms with van der Waals surface area (Å²) in [5.74, 6) is -0.933.